The lowest BCUT2D eigenvalue weighted by Crippen LogP contribution is -2.27. The molecule has 0 radical (unpaired) electrons. The average Bonchev–Trinajstić information content (AvgIpc) is 3.35. The van der Waals surface area contributed by atoms with E-state index in [2.05, 4.69) is 15.3 Å². The van der Waals surface area contributed by atoms with Gasteiger partial charge in [-0.25, -0.2) is 9.97 Å². The van der Waals surface area contributed by atoms with E-state index < -0.39 is 0 Å². The average molecular weight is 378 g/mol. The lowest BCUT2D eigenvalue weighted by molar-refractivity contribution is -0.121. The maximum atomic E-state index is 12.6. The molecule has 0 spiro atoms. The zero-order chi connectivity index (χ0) is 18.6. The van der Waals surface area contributed by atoms with Crippen molar-refractivity contribution in [3.63, 3.8) is 0 Å². The summed E-state index contributed by atoms with van der Waals surface area (Å²) in [6.45, 7) is 0.617. The Morgan fingerprint density at radius 2 is 2.11 bits per heavy atom. The molecule has 0 fully saturated rings. The summed E-state index contributed by atoms with van der Waals surface area (Å²) in [5.41, 5.74) is 5.29. The van der Waals surface area contributed by atoms with Crippen LogP contribution >= 0.6 is 11.3 Å². The second-order valence-corrected chi connectivity index (χ2v) is 6.73. The number of hydrogen-bond donors (Lipinski definition) is 1. The number of imidazole rings is 1. The summed E-state index contributed by atoms with van der Waals surface area (Å²) in [7, 11) is 1.63. The third kappa shape index (κ3) is 3.68. The highest BCUT2D eigenvalue weighted by Crippen LogP contribution is 2.24. The van der Waals surface area contributed by atoms with Gasteiger partial charge in [-0.3, -0.25) is 4.79 Å². The maximum absolute atomic E-state index is 12.6. The van der Waals surface area contributed by atoms with Gasteiger partial charge in [-0.1, -0.05) is 24.3 Å². The van der Waals surface area contributed by atoms with E-state index in [1.54, 1.807) is 12.6 Å². The van der Waals surface area contributed by atoms with Gasteiger partial charge in [0, 0.05) is 11.9 Å². The van der Waals surface area contributed by atoms with Crippen molar-refractivity contribution in [3.05, 3.63) is 65.0 Å². The van der Waals surface area contributed by atoms with Crippen LogP contribution in [-0.4, -0.2) is 27.6 Å². The Labute approximate surface area is 160 Å². The van der Waals surface area contributed by atoms with E-state index in [0.29, 0.717) is 12.4 Å². The number of benzene rings is 2. The normalized spacial score (nSPS) is 10.9. The highest BCUT2D eigenvalue weighted by Gasteiger charge is 2.16. The fraction of sp³-hybridized carbons (Fsp3) is 0.150. The molecule has 4 aromatic rings. The standard InChI is InChI=1S/C20H18N4O2S/c1-26-15-6-4-5-14(9-15)10-21-19(25)11-24-18-8-3-2-7-16(18)23-20(24)17-12-27-13-22-17/h2-9,12-13H,10-11H2,1H3,(H,21,25). The first-order valence-electron chi connectivity index (χ1n) is 8.48. The molecular formula is C20H18N4O2S. The second-order valence-electron chi connectivity index (χ2n) is 6.01. The van der Waals surface area contributed by atoms with Gasteiger partial charge in [0.05, 0.1) is 23.7 Å². The molecule has 0 aliphatic carbocycles. The number of aromatic nitrogens is 3. The smallest absolute Gasteiger partial charge is 0.240 e. The lowest BCUT2D eigenvalue weighted by atomic mass is 10.2. The van der Waals surface area contributed by atoms with E-state index in [1.165, 1.54) is 11.3 Å². The number of fused-ring (bicyclic) bond motifs is 1. The van der Waals surface area contributed by atoms with Gasteiger partial charge in [-0.05, 0) is 29.8 Å². The number of ether oxygens (including phenoxy) is 1. The molecule has 0 atom stereocenters. The van der Waals surface area contributed by atoms with Crippen LogP contribution in [0.15, 0.2) is 59.4 Å². The Morgan fingerprint density at radius 3 is 2.93 bits per heavy atom. The van der Waals surface area contributed by atoms with Crippen LogP contribution in [-0.2, 0) is 17.9 Å². The zero-order valence-corrected chi connectivity index (χ0v) is 15.6. The monoisotopic (exact) mass is 378 g/mol. The van der Waals surface area contributed by atoms with Crippen LogP contribution in [0.3, 0.4) is 0 Å². The van der Waals surface area contributed by atoms with Crippen LogP contribution in [0.4, 0.5) is 0 Å². The summed E-state index contributed by atoms with van der Waals surface area (Å²) in [5.74, 6) is 1.39. The van der Waals surface area contributed by atoms with Crippen molar-refractivity contribution in [1.82, 2.24) is 19.9 Å². The quantitative estimate of drug-likeness (QED) is 0.558. The second kappa shape index (κ2) is 7.59. The molecule has 136 valence electrons. The summed E-state index contributed by atoms with van der Waals surface area (Å²) in [5, 5.41) is 4.90. The molecule has 4 rings (SSSR count). The van der Waals surface area contributed by atoms with Crippen molar-refractivity contribution in [2.75, 3.05) is 7.11 Å². The number of nitrogens with zero attached hydrogens (tertiary/aromatic N) is 3. The molecule has 2 heterocycles. The number of carbonyl (C=O) groups excluding carboxylic acids is 1. The van der Waals surface area contributed by atoms with Crippen LogP contribution in [0, 0.1) is 0 Å². The maximum Gasteiger partial charge on any atom is 0.240 e. The number of hydrogen-bond acceptors (Lipinski definition) is 5. The van der Waals surface area contributed by atoms with Crippen LogP contribution in [0.25, 0.3) is 22.6 Å². The first-order chi connectivity index (χ1) is 13.2. The molecule has 0 aliphatic heterocycles. The number of nitrogens with one attached hydrogen (secondary N) is 1. The van der Waals surface area contributed by atoms with Gasteiger partial charge in [0.15, 0.2) is 5.82 Å². The molecule has 6 nitrogen and oxygen atoms in total. The molecule has 0 saturated heterocycles. The summed E-state index contributed by atoms with van der Waals surface area (Å²) < 4.78 is 7.13. The Kier molecular flexibility index (Phi) is 4.84. The highest BCUT2D eigenvalue weighted by molar-refractivity contribution is 7.07. The number of thiazole rings is 1. The number of para-hydroxylation sites is 2. The minimum absolute atomic E-state index is 0.0857. The van der Waals surface area contributed by atoms with Crippen molar-refractivity contribution in [3.8, 4) is 17.3 Å². The Bertz CT molecular complexity index is 1070. The van der Waals surface area contributed by atoms with Crippen molar-refractivity contribution in [1.29, 1.82) is 0 Å². The first kappa shape index (κ1) is 17.2. The van der Waals surface area contributed by atoms with E-state index in [9.17, 15) is 4.79 Å². The van der Waals surface area contributed by atoms with Gasteiger partial charge >= 0.3 is 0 Å². The molecule has 7 heteroatoms. The van der Waals surface area contributed by atoms with Crippen molar-refractivity contribution < 1.29 is 9.53 Å². The van der Waals surface area contributed by atoms with Crippen LogP contribution in [0.1, 0.15) is 5.56 Å². The molecule has 0 bridgehead atoms. The number of methoxy groups -OCH3 is 1. The third-order valence-electron chi connectivity index (χ3n) is 4.24. The largest absolute Gasteiger partial charge is 0.497 e. The molecule has 27 heavy (non-hydrogen) atoms. The van der Waals surface area contributed by atoms with Crippen molar-refractivity contribution in [2.24, 2.45) is 0 Å². The lowest BCUT2D eigenvalue weighted by Gasteiger charge is -2.10. The summed E-state index contributed by atoms with van der Waals surface area (Å²) >= 11 is 1.51. The van der Waals surface area contributed by atoms with E-state index in [0.717, 1.165) is 28.0 Å². The molecule has 0 saturated carbocycles. The zero-order valence-electron chi connectivity index (χ0n) is 14.8. The Morgan fingerprint density at radius 1 is 1.22 bits per heavy atom. The molecule has 1 amide bonds. The number of rotatable bonds is 6. The van der Waals surface area contributed by atoms with Crippen LogP contribution in [0.5, 0.6) is 5.75 Å². The molecule has 1 N–H and O–H groups in total. The SMILES string of the molecule is COc1cccc(CNC(=O)Cn2c(-c3cscn3)nc3ccccc32)c1. The van der Waals surface area contributed by atoms with Gasteiger partial charge in [0.25, 0.3) is 0 Å². The summed E-state index contributed by atoms with van der Waals surface area (Å²) in [6, 6.07) is 15.4. The van der Waals surface area contributed by atoms with Crippen molar-refractivity contribution in [2.45, 2.75) is 13.1 Å². The van der Waals surface area contributed by atoms with Gasteiger partial charge in [-0.2, -0.15) is 0 Å². The fourth-order valence-corrected chi connectivity index (χ4v) is 3.47. The van der Waals surface area contributed by atoms with Crippen LogP contribution < -0.4 is 10.1 Å². The minimum atomic E-state index is -0.0857. The van der Waals surface area contributed by atoms with E-state index in [1.807, 2.05) is 58.5 Å². The summed E-state index contributed by atoms with van der Waals surface area (Å²) in [6.07, 6.45) is 0. The first-order valence-corrected chi connectivity index (χ1v) is 9.42. The Balaban J connectivity index is 1.55. The van der Waals surface area contributed by atoms with E-state index in [-0.39, 0.29) is 12.5 Å². The van der Waals surface area contributed by atoms with E-state index in [4.69, 9.17) is 4.74 Å². The molecular weight excluding hydrogens is 360 g/mol. The molecule has 0 unspecified atom stereocenters. The van der Waals surface area contributed by atoms with E-state index >= 15 is 0 Å². The van der Waals surface area contributed by atoms with Crippen molar-refractivity contribution >= 4 is 28.3 Å². The number of carbonyl (C=O) groups is 1. The van der Waals surface area contributed by atoms with Gasteiger partial charge in [0.2, 0.25) is 5.91 Å². The molecule has 2 aromatic carbocycles. The van der Waals surface area contributed by atoms with Gasteiger partial charge < -0.3 is 14.6 Å². The van der Waals surface area contributed by atoms with Gasteiger partial charge in [-0.15, -0.1) is 11.3 Å². The fourth-order valence-electron chi connectivity index (χ4n) is 2.94. The molecule has 2 aromatic heterocycles. The predicted octanol–water partition coefficient (Wildman–Crippen LogP) is 3.48. The topological polar surface area (TPSA) is 69.0 Å². The molecule has 0 aliphatic rings. The number of amides is 1. The third-order valence-corrected chi connectivity index (χ3v) is 4.83. The minimum Gasteiger partial charge on any atom is -0.497 e. The van der Waals surface area contributed by atoms with Crippen LogP contribution in [0.2, 0.25) is 0 Å². The van der Waals surface area contributed by atoms with Gasteiger partial charge in [0.1, 0.15) is 18.0 Å². The Hall–Kier alpha value is -3.19. The summed E-state index contributed by atoms with van der Waals surface area (Å²) in [4.78, 5) is 21.6. The highest BCUT2D eigenvalue weighted by atomic mass is 32.1. The predicted molar refractivity (Wildman–Crippen MR) is 106 cm³/mol.